The molecule has 29 heavy (non-hydrogen) atoms. The van der Waals surface area contributed by atoms with E-state index in [2.05, 4.69) is 0 Å². The Morgan fingerprint density at radius 2 is 1.90 bits per heavy atom. The highest BCUT2D eigenvalue weighted by Crippen LogP contribution is 2.28. The zero-order valence-corrected chi connectivity index (χ0v) is 17.1. The second kappa shape index (κ2) is 9.33. The lowest BCUT2D eigenvalue weighted by atomic mass is 10.1. The molecule has 0 amide bonds. The van der Waals surface area contributed by atoms with Crippen LogP contribution in [0.15, 0.2) is 24.3 Å². The molecule has 1 atom stereocenters. The fourth-order valence-electron chi connectivity index (χ4n) is 3.31. The minimum atomic E-state index is -0.828. The van der Waals surface area contributed by atoms with Crippen LogP contribution >= 0.6 is 0 Å². The van der Waals surface area contributed by atoms with E-state index in [0.717, 1.165) is 17.5 Å². The number of nitrogens with zero attached hydrogens (tertiary/aromatic N) is 2. The molecule has 2 aromatic rings. The highest BCUT2D eigenvalue weighted by atomic mass is 16.6. The average Bonchev–Trinajstić information content (AvgIpc) is 2.99. The second-order valence-electron chi connectivity index (χ2n) is 6.60. The normalized spacial score (nSPS) is 11.8. The SMILES string of the molecule is COC[C@@H](C)n1c(C)cc(C(=O)COC(=O)c2ccc(OC)c([N+](=O)[O-])c2)c1C. The van der Waals surface area contributed by atoms with Gasteiger partial charge < -0.3 is 18.8 Å². The van der Waals surface area contributed by atoms with Crippen molar-refractivity contribution in [1.29, 1.82) is 0 Å². The zero-order chi connectivity index (χ0) is 21.7. The van der Waals surface area contributed by atoms with Crippen molar-refractivity contribution in [2.75, 3.05) is 27.4 Å². The van der Waals surface area contributed by atoms with Gasteiger partial charge in [0.2, 0.25) is 5.78 Å². The number of ether oxygens (including phenoxy) is 3. The number of methoxy groups -OCH3 is 2. The molecular formula is C20H24N2O7. The van der Waals surface area contributed by atoms with Crippen LogP contribution in [0.2, 0.25) is 0 Å². The maximum absolute atomic E-state index is 12.6. The molecule has 1 aromatic carbocycles. The van der Waals surface area contributed by atoms with E-state index in [1.165, 1.54) is 19.2 Å². The Kier molecular flexibility index (Phi) is 7.11. The number of hydrogen-bond donors (Lipinski definition) is 0. The summed E-state index contributed by atoms with van der Waals surface area (Å²) in [6.07, 6.45) is 0. The molecule has 0 saturated carbocycles. The predicted octanol–water partition coefficient (Wildman–Crippen LogP) is 3.27. The van der Waals surface area contributed by atoms with Crippen LogP contribution in [0.3, 0.4) is 0 Å². The number of carbonyl (C=O) groups is 2. The number of nitro benzene ring substituents is 1. The van der Waals surface area contributed by atoms with Crippen LogP contribution in [0.4, 0.5) is 5.69 Å². The van der Waals surface area contributed by atoms with Crippen molar-refractivity contribution in [3.8, 4) is 5.75 Å². The molecule has 9 nitrogen and oxygen atoms in total. The molecule has 0 aliphatic rings. The van der Waals surface area contributed by atoms with Crippen molar-refractivity contribution in [3.63, 3.8) is 0 Å². The van der Waals surface area contributed by atoms with Gasteiger partial charge in [-0.2, -0.15) is 0 Å². The van der Waals surface area contributed by atoms with Gasteiger partial charge in [-0.05, 0) is 39.0 Å². The molecule has 9 heteroatoms. The van der Waals surface area contributed by atoms with Crippen LogP contribution in [-0.4, -0.2) is 48.7 Å². The van der Waals surface area contributed by atoms with Gasteiger partial charge in [0.25, 0.3) is 0 Å². The number of Topliss-reactive ketones (excluding diaryl/α,β-unsaturated/α-hetero) is 1. The number of carbonyl (C=O) groups excluding carboxylic acids is 2. The molecule has 0 bridgehead atoms. The Bertz CT molecular complexity index is 933. The summed E-state index contributed by atoms with van der Waals surface area (Å²) in [5.74, 6) is -1.16. The van der Waals surface area contributed by atoms with Crippen LogP contribution in [-0.2, 0) is 9.47 Å². The van der Waals surface area contributed by atoms with Gasteiger partial charge in [-0.25, -0.2) is 4.79 Å². The second-order valence-corrected chi connectivity index (χ2v) is 6.60. The van der Waals surface area contributed by atoms with Gasteiger partial charge in [-0.1, -0.05) is 0 Å². The summed E-state index contributed by atoms with van der Waals surface area (Å²) in [5.41, 5.74) is 1.72. The number of aryl methyl sites for hydroxylation is 1. The number of nitro groups is 1. The Hall–Kier alpha value is -3.20. The van der Waals surface area contributed by atoms with Crippen LogP contribution in [0.1, 0.15) is 45.1 Å². The van der Waals surface area contributed by atoms with Crippen molar-refractivity contribution < 1.29 is 28.7 Å². The quantitative estimate of drug-likeness (QED) is 0.273. The maximum atomic E-state index is 12.6. The first kappa shape index (κ1) is 22.1. The van der Waals surface area contributed by atoms with Gasteiger partial charge >= 0.3 is 11.7 Å². The Morgan fingerprint density at radius 1 is 1.21 bits per heavy atom. The van der Waals surface area contributed by atoms with E-state index in [1.807, 2.05) is 25.3 Å². The molecule has 156 valence electrons. The van der Waals surface area contributed by atoms with Gasteiger partial charge in [0.15, 0.2) is 12.4 Å². The molecule has 0 spiro atoms. The molecule has 0 saturated heterocycles. The smallest absolute Gasteiger partial charge is 0.338 e. The van der Waals surface area contributed by atoms with Crippen LogP contribution in [0.5, 0.6) is 5.75 Å². The molecule has 0 radical (unpaired) electrons. The minimum Gasteiger partial charge on any atom is -0.490 e. The summed E-state index contributed by atoms with van der Waals surface area (Å²) in [5, 5.41) is 11.1. The summed E-state index contributed by atoms with van der Waals surface area (Å²) in [6.45, 7) is 5.71. The van der Waals surface area contributed by atoms with E-state index in [0.29, 0.717) is 12.2 Å². The molecule has 1 heterocycles. The molecule has 0 N–H and O–H groups in total. The molecule has 0 fully saturated rings. The van der Waals surface area contributed by atoms with Crippen molar-refractivity contribution >= 4 is 17.4 Å². The van der Waals surface area contributed by atoms with E-state index < -0.39 is 17.5 Å². The third-order valence-electron chi connectivity index (χ3n) is 4.58. The number of esters is 1. The first-order chi connectivity index (χ1) is 13.7. The lowest BCUT2D eigenvalue weighted by Crippen LogP contribution is -2.17. The van der Waals surface area contributed by atoms with Gasteiger partial charge in [-0.15, -0.1) is 0 Å². The Labute approximate surface area is 168 Å². The van der Waals surface area contributed by atoms with Crippen molar-refractivity contribution in [3.05, 3.63) is 56.9 Å². The van der Waals surface area contributed by atoms with Crippen molar-refractivity contribution in [1.82, 2.24) is 4.57 Å². The average molecular weight is 404 g/mol. The highest BCUT2D eigenvalue weighted by Gasteiger charge is 2.22. The van der Waals surface area contributed by atoms with Gasteiger partial charge in [-0.3, -0.25) is 14.9 Å². The van der Waals surface area contributed by atoms with E-state index in [1.54, 1.807) is 13.2 Å². The summed E-state index contributed by atoms with van der Waals surface area (Å²) < 4.78 is 17.1. The van der Waals surface area contributed by atoms with Crippen molar-refractivity contribution in [2.45, 2.75) is 26.8 Å². The van der Waals surface area contributed by atoms with Crippen LogP contribution in [0, 0.1) is 24.0 Å². The third-order valence-corrected chi connectivity index (χ3v) is 4.58. The summed E-state index contributed by atoms with van der Waals surface area (Å²) in [7, 11) is 2.91. The summed E-state index contributed by atoms with van der Waals surface area (Å²) in [6, 6.07) is 5.50. The third kappa shape index (κ3) is 4.80. The first-order valence-corrected chi connectivity index (χ1v) is 8.91. The van der Waals surface area contributed by atoms with Crippen LogP contribution in [0.25, 0.3) is 0 Å². The lowest BCUT2D eigenvalue weighted by Gasteiger charge is -2.17. The van der Waals surface area contributed by atoms with E-state index in [9.17, 15) is 19.7 Å². The molecule has 2 rings (SSSR count). The van der Waals surface area contributed by atoms with E-state index >= 15 is 0 Å². The van der Waals surface area contributed by atoms with Crippen molar-refractivity contribution in [2.24, 2.45) is 0 Å². The number of ketones is 1. The molecule has 1 aromatic heterocycles. The number of hydrogen-bond acceptors (Lipinski definition) is 7. The van der Waals surface area contributed by atoms with Crippen LogP contribution < -0.4 is 4.74 Å². The monoisotopic (exact) mass is 404 g/mol. The fourth-order valence-corrected chi connectivity index (χ4v) is 3.31. The summed E-state index contributed by atoms with van der Waals surface area (Å²) >= 11 is 0. The molecule has 0 unspecified atom stereocenters. The van der Waals surface area contributed by atoms with E-state index in [4.69, 9.17) is 14.2 Å². The van der Waals surface area contributed by atoms with Gasteiger partial charge in [0.05, 0.1) is 30.2 Å². The standard InChI is InChI=1S/C20H24N2O7/c1-12-8-16(14(3)21(12)13(2)10-27-4)18(23)11-29-20(24)15-6-7-19(28-5)17(9-15)22(25)26/h6-9,13H,10-11H2,1-5H3/t13-/m1/s1. The lowest BCUT2D eigenvalue weighted by molar-refractivity contribution is -0.385. The van der Waals surface area contributed by atoms with Gasteiger partial charge in [0, 0.05) is 30.1 Å². The number of aromatic nitrogens is 1. The Balaban J connectivity index is 2.13. The maximum Gasteiger partial charge on any atom is 0.338 e. The zero-order valence-electron chi connectivity index (χ0n) is 17.1. The predicted molar refractivity (Wildman–Crippen MR) is 105 cm³/mol. The van der Waals surface area contributed by atoms with Gasteiger partial charge in [0.1, 0.15) is 0 Å². The molecular weight excluding hydrogens is 380 g/mol. The van der Waals surface area contributed by atoms with E-state index in [-0.39, 0.29) is 28.8 Å². The molecule has 0 aliphatic carbocycles. The fraction of sp³-hybridized carbons (Fsp3) is 0.400. The summed E-state index contributed by atoms with van der Waals surface area (Å²) in [4.78, 5) is 35.3. The number of benzene rings is 1. The first-order valence-electron chi connectivity index (χ1n) is 8.91. The largest absolute Gasteiger partial charge is 0.490 e. The topological polar surface area (TPSA) is 110 Å². The number of rotatable bonds is 9. The molecule has 0 aliphatic heterocycles. The Morgan fingerprint density at radius 3 is 2.48 bits per heavy atom. The minimum absolute atomic E-state index is 0.0280. The highest BCUT2D eigenvalue weighted by molar-refractivity contribution is 6.00.